The van der Waals surface area contributed by atoms with Crippen molar-refractivity contribution in [2.75, 3.05) is 19.0 Å². The van der Waals surface area contributed by atoms with Crippen LogP contribution < -0.4 is 4.90 Å². The molecule has 0 amide bonds. The molecule has 2 nitrogen and oxygen atoms in total. The van der Waals surface area contributed by atoms with Crippen molar-refractivity contribution in [1.29, 1.82) is 0 Å². The Hall–Kier alpha value is -2.22. The molecule has 0 aliphatic carbocycles. The maximum Gasteiger partial charge on any atom is 0.0483 e. The van der Waals surface area contributed by atoms with Gasteiger partial charge >= 0.3 is 0 Å². The van der Waals surface area contributed by atoms with Crippen molar-refractivity contribution < 1.29 is 0 Å². The third-order valence-corrected chi connectivity index (χ3v) is 3.73. The van der Waals surface area contributed by atoms with Gasteiger partial charge in [-0.1, -0.05) is 23.8 Å². The lowest BCUT2D eigenvalue weighted by Crippen LogP contribution is -2.08. The van der Waals surface area contributed by atoms with Crippen molar-refractivity contribution in [2.24, 2.45) is 0 Å². The minimum absolute atomic E-state index is 0.917. The molecule has 3 aromatic rings. The van der Waals surface area contributed by atoms with Gasteiger partial charge in [-0.3, -0.25) is 0 Å². The molecule has 1 heterocycles. The number of fused-ring (bicyclic) bond motifs is 1. The lowest BCUT2D eigenvalue weighted by atomic mass is 10.1. The summed E-state index contributed by atoms with van der Waals surface area (Å²) < 4.78 is 2.30. The topological polar surface area (TPSA) is 8.17 Å². The molecule has 0 unspecified atom stereocenters. The van der Waals surface area contributed by atoms with Crippen LogP contribution in [0.15, 0.2) is 54.7 Å². The largest absolute Gasteiger partial charge is 0.378 e. The van der Waals surface area contributed by atoms with Gasteiger partial charge in [0.2, 0.25) is 0 Å². The molecule has 20 heavy (non-hydrogen) atoms. The van der Waals surface area contributed by atoms with Crippen LogP contribution in [-0.2, 0) is 6.54 Å². The highest BCUT2D eigenvalue weighted by Crippen LogP contribution is 2.19. The van der Waals surface area contributed by atoms with Crippen LogP contribution in [0.5, 0.6) is 0 Å². The molecular weight excluding hydrogens is 244 g/mol. The third kappa shape index (κ3) is 2.42. The molecule has 0 N–H and O–H groups in total. The molecule has 0 saturated carbocycles. The molecule has 3 rings (SSSR count). The number of aryl methyl sites for hydroxylation is 1. The van der Waals surface area contributed by atoms with E-state index >= 15 is 0 Å². The summed E-state index contributed by atoms with van der Waals surface area (Å²) in [7, 11) is 4.13. The summed E-state index contributed by atoms with van der Waals surface area (Å²) in [5.74, 6) is 0. The van der Waals surface area contributed by atoms with Crippen LogP contribution >= 0.6 is 0 Å². The minimum Gasteiger partial charge on any atom is -0.378 e. The lowest BCUT2D eigenvalue weighted by Gasteiger charge is -2.13. The van der Waals surface area contributed by atoms with Gasteiger partial charge in [0.05, 0.1) is 0 Å². The lowest BCUT2D eigenvalue weighted by molar-refractivity contribution is 0.836. The third-order valence-electron chi connectivity index (χ3n) is 3.73. The maximum absolute atomic E-state index is 2.30. The van der Waals surface area contributed by atoms with Crippen molar-refractivity contribution in [1.82, 2.24) is 4.57 Å². The van der Waals surface area contributed by atoms with Gasteiger partial charge < -0.3 is 9.47 Å². The number of nitrogens with zero attached hydrogens (tertiary/aromatic N) is 2. The van der Waals surface area contributed by atoms with Gasteiger partial charge in [-0.25, -0.2) is 0 Å². The number of hydrogen-bond acceptors (Lipinski definition) is 1. The normalized spacial score (nSPS) is 10.9. The van der Waals surface area contributed by atoms with Gasteiger partial charge in [0, 0.05) is 38.0 Å². The van der Waals surface area contributed by atoms with E-state index < -0.39 is 0 Å². The van der Waals surface area contributed by atoms with E-state index in [0.29, 0.717) is 0 Å². The molecule has 0 aliphatic rings. The first kappa shape index (κ1) is 12.8. The fourth-order valence-electron chi connectivity index (χ4n) is 2.55. The SMILES string of the molecule is Cc1ccc2c(ccn2Cc2ccc(N(C)C)cc2)c1. The zero-order chi connectivity index (χ0) is 14.1. The molecule has 2 heteroatoms. The summed E-state index contributed by atoms with van der Waals surface area (Å²) in [6, 6.07) is 17.6. The Morgan fingerprint density at radius 3 is 2.40 bits per heavy atom. The van der Waals surface area contributed by atoms with Gasteiger partial charge in [-0.2, -0.15) is 0 Å². The number of rotatable bonds is 3. The van der Waals surface area contributed by atoms with Crippen LogP contribution in [0.4, 0.5) is 5.69 Å². The van der Waals surface area contributed by atoms with Crippen molar-refractivity contribution in [3.8, 4) is 0 Å². The zero-order valence-electron chi connectivity index (χ0n) is 12.3. The Bertz CT molecular complexity index is 721. The van der Waals surface area contributed by atoms with Crippen molar-refractivity contribution in [2.45, 2.75) is 13.5 Å². The average molecular weight is 264 g/mol. The Kier molecular flexibility index (Phi) is 3.23. The monoisotopic (exact) mass is 264 g/mol. The van der Waals surface area contributed by atoms with E-state index in [4.69, 9.17) is 0 Å². The summed E-state index contributed by atoms with van der Waals surface area (Å²) in [5, 5.41) is 1.31. The van der Waals surface area contributed by atoms with Gasteiger partial charge in [0.25, 0.3) is 0 Å². The van der Waals surface area contributed by atoms with Crippen LogP contribution in [0, 0.1) is 6.92 Å². The Balaban J connectivity index is 1.89. The standard InChI is InChI=1S/C18H20N2/c1-14-4-9-18-16(12-14)10-11-20(18)13-15-5-7-17(8-6-15)19(2)3/h4-12H,13H2,1-3H3. The van der Waals surface area contributed by atoms with Crippen LogP contribution in [0.25, 0.3) is 10.9 Å². The quantitative estimate of drug-likeness (QED) is 0.692. The molecule has 0 aliphatic heterocycles. The molecule has 2 aromatic carbocycles. The average Bonchev–Trinajstić information content (AvgIpc) is 2.81. The highest BCUT2D eigenvalue weighted by Gasteiger charge is 2.02. The van der Waals surface area contributed by atoms with Crippen LogP contribution in [0.3, 0.4) is 0 Å². The van der Waals surface area contributed by atoms with Crippen LogP contribution in [0.1, 0.15) is 11.1 Å². The first-order chi connectivity index (χ1) is 9.63. The molecule has 0 atom stereocenters. The van der Waals surface area contributed by atoms with Gasteiger partial charge in [-0.05, 0) is 48.2 Å². The Morgan fingerprint density at radius 1 is 0.950 bits per heavy atom. The van der Waals surface area contributed by atoms with Crippen LogP contribution in [0.2, 0.25) is 0 Å². The van der Waals surface area contributed by atoms with E-state index in [-0.39, 0.29) is 0 Å². The van der Waals surface area contributed by atoms with E-state index in [1.54, 1.807) is 0 Å². The van der Waals surface area contributed by atoms with Gasteiger partial charge in [0.1, 0.15) is 0 Å². The molecular formula is C18H20N2. The highest BCUT2D eigenvalue weighted by molar-refractivity contribution is 5.80. The van der Waals surface area contributed by atoms with E-state index in [1.165, 1.54) is 27.7 Å². The summed E-state index contributed by atoms with van der Waals surface area (Å²) in [6.45, 7) is 3.05. The fourth-order valence-corrected chi connectivity index (χ4v) is 2.55. The Morgan fingerprint density at radius 2 is 1.70 bits per heavy atom. The molecule has 0 bridgehead atoms. The second kappa shape index (κ2) is 5.04. The van der Waals surface area contributed by atoms with Crippen LogP contribution in [-0.4, -0.2) is 18.7 Å². The number of benzene rings is 2. The smallest absolute Gasteiger partial charge is 0.0483 e. The first-order valence-electron chi connectivity index (χ1n) is 6.95. The number of aromatic nitrogens is 1. The van der Waals surface area contributed by atoms with E-state index in [2.05, 4.69) is 85.2 Å². The summed E-state index contributed by atoms with van der Waals surface area (Å²) in [4.78, 5) is 2.12. The van der Waals surface area contributed by atoms with Gasteiger partial charge in [0.15, 0.2) is 0 Å². The fraction of sp³-hybridized carbons (Fsp3) is 0.222. The minimum atomic E-state index is 0.917. The molecule has 102 valence electrons. The van der Waals surface area contributed by atoms with E-state index in [1.807, 2.05) is 0 Å². The molecule has 0 fully saturated rings. The summed E-state index contributed by atoms with van der Waals surface area (Å²) >= 11 is 0. The van der Waals surface area contributed by atoms with Gasteiger partial charge in [-0.15, -0.1) is 0 Å². The van der Waals surface area contributed by atoms with E-state index in [9.17, 15) is 0 Å². The summed E-state index contributed by atoms with van der Waals surface area (Å²) in [5.41, 5.74) is 5.17. The summed E-state index contributed by atoms with van der Waals surface area (Å²) in [6.07, 6.45) is 2.17. The predicted molar refractivity (Wildman–Crippen MR) is 86.5 cm³/mol. The predicted octanol–water partition coefficient (Wildman–Crippen LogP) is 4.06. The van der Waals surface area contributed by atoms with Crippen molar-refractivity contribution >= 4 is 16.6 Å². The van der Waals surface area contributed by atoms with Crippen molar-refractivity contribution in [3.05, 3.63) is 65.9 Å². The molecule has 0 saturated heterocycles. The number of hydrogen-bond donors (Lipinski definition) is 0. The maximum atomic E-state index is 2.30. The highest BCUT2D eigenvalue weighted by atomic mass is 15.1. The Labute approximate surface area is 120 Å². The van der Waals surface area contributed by atoms with E-state index in [0.717, 1.165) is 6.54 Å². The molecule has 0 spiro atoms. The zero-order valence-corrected chi connectivity index (χ0v) is 12.3. The first-order valence-corrected chi connectivity index (χ1v) is 6.95. The molecule has 1 aromatic heterocycles. The number of anilines is 1. The van der Waals surface area contributed by atoms with Crippen molar-refractivity contribution in [3.63, 3.8) is 0 Å². The molecule has 0 radical (unpaired) electrons. The second-order valence-electron chi connectivity index (χ2n) is 5.57. The second-order valence-corrected chi connectivity index (χ2v) is 5.57.